The number of esters is 1. The lowest BCUT2D eigenvalue weighted by Crippen LogP contribution is -2.45. The van der Waals surface area contributed by atoms with Crippen LogP contribution in [0.25, 0.3) is 0 Å². The maximum absolute atomic E-state index is 11.9. The molecule has 0 amide bonds. The molecule has 0 aromatic rings. The van der Waals surface area contributed by atoms with Gasteiger partial charge >= 0.3 is 5.97 Å². The average Bonchev–Trinajstić information content (AvgIpc) is 2.89. The number of aliphatic imine (C=N–C) groups is 1. The Hall–Kier alpha value is -0.440. The first-order chi connectivity index (χ1) is 11.3. The number of carbonyl (C=O) groups excluding carboxylic acids is 1. The van der Waals surface area contributed by atoms with Crippen molar-refractivity contribution < 1.29 is 14.6 Å². The molecule has 0 aromatic heterocycles. The number of fused-ring (bicyclic) bond motifs is 1. The van der Waals surface area contributed by atoms with Crippen molar-refractivity contribution in [2.75, 3.05) is 5.75 Å². The van der Waals surface area contributed by atoms with Gasteiger partial charge in [-0.25, -0.2) is 5.43 Å². The van der Waals surface area contributed by atoms with Gasteiger partial charge in [0.15, 0.2) is 5.17 Å². The van der Waals surface area contributed by atoms with E-state index in [1.807, 2.05) is 11.8 Å². The van der Waals surface area contributed by atoms with Crippen molar-refractivity contribution in [2.24, 2.45) is 16.8 Å². The van der Waals surface area contributed by atoms with Crippen LogP contribution in [0.4, 0.5) is 0 Å². The first kappa shape index (κ1) is 18.4. The van der Waals surface area contributed by atoms with Crippen LogP contribution in [-0.4, -0.2) is 44.4 Å². The molecule has 0 radical (unpaired) electrons. The Morgan fingerprint density at radius 3 is 2.96 bits per heavy atom. The van der Waals surface area contributed by atoms with Gasteiger partial charge in [-0.05, 0) is 45.3 Å². The molecule has 1 aliphatic carbocycles. The molecular weight excluding hydrogens is 346 g/mol. The third-order valence-electron chi connectivity index (χ3n) is 4.55. The van der Waals surface area contributed by atoms with E-state index in [0.717, 1.165) is 23.8 Å². The fraction of sp³-hybridized carbons (Fsp3) is 0.875. The lowest BCUT2D eigenvalue weighted by atomic mass is 9.75. The van der Waals surface area contributed by atoms with Crippen LogP contribution in [0.1, 0.15) is 46.5 Å². The van der Waals surface area contributed by atoms with Crippen LogP contribution in [-0.2, 0) is 9.53 Å². The van der Waals surface area contributed by atoms with E-state index in [9.17, 15) is 9.90 Å². The van der Waals surface area contributed by atoms with Crippen LogP contribution in [0, 0.1) is 11.8 Å². The molecular formula is C16H27N3O3S2. The number of aliphatic hydroxyl groups is 1. The first-order valence-electron chi connectivity index (χ1n) is 8.57. The summed E-state index contributed by atoms with van der Waals surface area (Å²) in [6, 6.07) is 0. The summed E-state index contributed by atoms with van der Waals surface area (Å²) in [5, 5.41) is 10.7. The first-order valence-corrected chi connectivity index (χ1v) is 10.5. The topological polar surface area (TPSA) is 83.0 Å². The number of hydrogen-bond acceptors (Lipinski definition) is 7. The highest BCUT2D eigenvalue weighted by molar-refractivity contribution is 8.25. The Morgan fingerprint density at radius 2 is 2.21 bits per heavy atom. The van der Waals surface area contributed by atoms with Crippen LogP contribution in [0.3, 0.4) is 0 Å². The van der Waals surface area contributed by atoms with E-state index in [4.69, 9.17) is 4.74 Å². The molecule has 5 unspecified atom stereocenters. The minimum absolute atomic E-state index is 0.0964. The predicted molar refractivity (Wildman–Crippen MR) is 98.6 cm³/mol. The van der Waals surface area contributed by atoms with Gasteiger partial charge in [-0.15, -0.1) is 11.8 Å². The van der Waals surface area contributed by atoms with Crippen LogP contribution in [0.5, 0.6) is 0 Å². The molecule has 2 heterocycles. The van der Waals surface area contributed by atoms with Crippen molar-refractivity contribution in [1.82, 2.24) is 10.9 Å². The number of nitrogens with one attached hydrogen (secondary N) is 2. The standard InChI is InChI=1S/C16H27N3O3S2/c1-16(2,3)17-14-18-19-15(24-14)23-8-9-6-13(21)22-12-7-10(20)4-5-11(9)12/h9-12,15,19-20H,4-8H2,1-3H3,(H,17,18). The molecule has 24 heavy (non-hydrogen) atoms. The maximum Gasteiger partial charge on any atom is 0.306 e. The third kappa shape index (κ3) is 4.80. The lowest BCUT2D eigenvalue weighted by Gasteiger charge is -2.41. The number of rotatable bonds is 3. The summed E-state index contributed by atoms with van der Waals surface area (Å²) in [5.74, 6) is 1.53. The van der Waals surface area contributed by atoms with Crippen LogP contribution in [0.2, 0.25) is 0 Å². The molecule has 0 bridgehead atoms. The highest BCUT2D eigenvalue weighted by Crippen LogP contribution is 2.41. The highest BCUT2D eigenvalue weighted by atomic mass is 32.2. The summed E-state index contributed by atoms with van der Waals surface area (Å²) >= 11 is 3.51. The van der Waals surface area contributed by atoms with E-state index in [0.29, 0.717) is 24.7 Å². The molecule has 136 valence electrons. The monoisotopic (exact) mass is 373 g/mol. The Labute approximate surface area is 151 Å². The Bertz CT molecular complexity index is 509. The summed E-state index contributed by atoms with van der Waals surface area (Å²) in [4.78, 5) is 16.5. The zero-order chi connectivity index (χ0) is 17.3. The summed E-state index contributed by atoms with van der Waals surface area (Å²) in [6.45, 7) is 6.23. The fourth-order valence-electron chi connectivity index (χ4n) is 3.50. The molecule has 8 heteroatoms. The molecule has 3 fully saturated rings. The Morgan fingerprint density at radius 1 is 1.42 bits per heavy atom. The van der Waals surface area contributed by atoms with Crippen molar-refractivity contribution in [1.29, 1.82) is 0 Å². The molecule has 1 saturated carbocycles. The highest BCUT2D eigenvalue weighted by Gasteiger charge is 2.42. The van der Waals surface area contributed by atoms with Crippen molar-refractivity contribution in [3.05, 3.63) is 0 Å². The van der Waals surface area contributed by atoms with E-state index < -0.39 is 0 Å². The van der Waals surface area contributed by atoms with Crippen molar-refractivity contribution in [3.63, 3.8) is 0 Å². The number of ether oxygens (including phenoxy) is 1. The number of amidine groups is 1. The number of hydrazine groups is 1. The average molecular weight is 374 g/mol. The number of hydrogen-bond donors (Lipinski definition) is 3. The van der Waals surface area contributed by atoms with Gasteiger partial charge in [0.2, 0.25) is 0 Å². The van der Waals surface area contributed by atoms with Gasteiger partial charge in [-0.1, -0.05) is 11.8 Å². The van der Waals surface area contributed by atoms with E-state index in [1.165, 1.54) is 0 Å². The van der Waals surface area contributed by atoms with Gasteiger partial charge in [-0.3, -0.25) is 15.2 Å². The van der Waals surface area contributed by atoms with E-state index in [2.05, 4.69) is 36.6 Å². The summed E-state index contributed by atoms with van der Waals surface area (Å²) in [7, 11) is 0. The molecule has 3 aliphatic rings. The van der Waals surface area contributed by atoms with Gasteiger partial charge in [0, 0.05) is 18.8 Å². The van der Waals surface area contributed by atoms with Crippen LogP contribution >= 0.6 is 23.5 Å². The summed E-state index contributed by atoms with van der Waals surface area (Å²) in [6.07, 6.45) is 2.44. The van der Waals surface area contributed by atoms with Crippen LogP contribution in [0.15, 0.2) is 4.99 Å². The molecule has 5 atom stereocenters. The predicted octanol–water partition coefficient (Wildman–Crippen LogP) is 2.09. The van der Waals surface area contributed by atoms with E-state index in [-0.39, 0.29) is 28.4 Å². The molecule has 3 rings (SSSR count). The summed E-state index contributed by atoms with van der Waals surface area (Å²) in [5.41, 5.74) is 6.29. The van der Waals surface area contributed by atoms with E-state index in [1.54, 1.807) is 11.8 Å². The zero-order valence-electron chi connectivity index (χ0n) is 14.4. The molecule has 2 aliphatic heterocycles. The smallest absolute Gasteiger partial charge is 0.306 e. The van der Waals surface area contributed by atoms with Gasteiger partial charge in [0.25, 0.3) is 0 Å². The van der Waals surface area contributed by atoms with Crippen LogP contribution < -0.4 is 10.9 Å². The number of aliphatic hydroxyl groups excluding tert-OH is 1. The molecule has 0 aromatic carbocycles. The normalized spacial score (nSPS) is 38.6. The summed E-state index contributed by atoms with van der Waals surface area (Å²) < 4.78 is 5.68. The van der Waals surface area contributed by atoms with Crippen molar-refractivity contribution in [3.8, 4) is 0 Å². The second-order valence-electron chi connectivity index (χ2n) is 7.76. The fourth-order valence-corrected chi connectivity index (χ4v) is 5.97. The molecule has 2 saturated heterocycles. The molecule has 3 N–H and O–H groups in total. The SMILES string of the molecule is CC(C)(C)N=C1NNC(SCC2CC(=O)OC3CC(O)CCC23)S1. The Balaban J connectivity index is 1.53. The third-order valence-corrected chi connectivity index (χ3v) is 7.03. The van der Waals surface area contributed by atoms with Crippen molar-refractivity contribution >= 4 is 34.7 Å². The quantitative estimate of drug-likeness (QED) is 0.653. The lowest BCUT2D eigenvalue weighted by molar-refractivity contribution is -0.168. The largest absolute Gasteiger partial charge is 0.462 e. The minimum atomic E-state index is -0.321. The van der Waals surface area contributed by atoms with Gasteiger partial charge in [0.1, 0.15) is 10.8 Å². The second kappa shape index (κ2) is 7.43. The zero-order valence-corrected chi connectivity index (χ0v) is 16.1. The van der Waals surface area contributed by atoms with E-state index >= 15 is 0 Å². The second-order valence-corrected chi connectivity index (χ2v) is 10.3. The molecule has 6 nitrogen and oxygen atoms in total. The minimum Gasteiger partial charge on any atom is -0.462 e. The van der Waals surface area contributed by atoms with Gasteiger partial charge in [0.05, 0.1) is 11.6 Å². The number of thioether (sulfide) groups is 2. The molecule has 0 spiro atoms. The number of nitrogens with zero attached hydrogens (tertiary/aromatic N) is 1. The van der Waals surface area contributed by atoms with Crippen molar-refractivity contribution in [2.45, 2.75) is 68.9 Å². The Kier molecular flexibility index (Phi) is 5.68. The maximum atomic E-state index is 11.9. The van der Waals surface area contributed by atoms with Gasteiger partial charge < -0.3 is 9.84 Å². The van der Waals surface area contributed by atoms with Gasteiger partial charge in [-0.2, -0.15) is 0 Å². The number of carbonyl (C=O) groups is 1.